The fraction of sp³-hybridized carbons (Fsp3) is 0.462. The maximum atomic E-state index is 9.04. The highest BCUT2D eigenvalue weighted by Crippen LogP contribution is 2.25. The number of benzene rings is 1. The molecule has 1 aliphatic carbocycles. The molecule has 1 saturated carbocycles. The van der Waals surface area contributed by atoms with Crippen LogP contribution in [0.15, 0.2) is 18.2 Å². The molecule has 90 valence electrons. The summed E-state index contributed by atoms with van der Waals surface area (Å²) in [5, 5.41) is 13.0. The first-order valence-corrected chi connectivity index (χ1v) is 6.30. The van der Waals surface area contributed by atoms with Crippen molar-refractivity contribution in [1.82, 2.24) is 0 Å². The predicted molar refractivity (Wildman–Crippen MR) is 70.0 cm³/mol. The lowest BCUT2D eigenvalue weighted by Crippen LogP contribution is -2.42. The number of halogens is 1. The molecule has 2 rings (SSSR count). The van der Waals surface area contributed by atoms with Crippen molar-refractivity contribution >= 4 is 17.3 Å². The van der Waals surface area contributed by atoms with E-state index < -0.39 is 0 Å². The number of hydrogen-bond donors (Lipinski definition) is 2. The Hall–Kier alpha value is -1.24. The lowest BCUT2D eigenvalue weighted by molar-refractivity contribution is 0.404. The summed E-state index contributed by atoms with van der Waals surface area (Å²) in [7, 11) is 0. The molecule has 17 heavy (non-hydrogen) atoms. The molecule has 0 bridgehead atoms. The number of nitrogens with two attached hydrogens (primary N) is 1. The van der Waals surface area contributed by atoms with Crippen LogP contribution >= 0.6 is 11.6 Å². The first kappa shape index (κ1) is 12.2. The fourth-order valence-electron chi connectivity index (χ4n) is 2.27. The third-order valence-electron chi connectivity index (χ3n) is 3.26. The lowest BCUT2D eigenvalue weighted by atomic mass is 9.90. The minimum absolute atomic E-state index is 0.161. The Balaban J connectivity index is 2.17. The summed E-state index contributed by atoms with van der Waals surface area (Å²) in [5.74, 6) is 0. The molecule has 1 aromatic carbocycles. The molecule has 1 aromatic rings. The fourth-order valence-corrected chi connectivity index (χ4v) is 2.44. The van der Waals surface area contributed by atoms with E-state index in [2.05, 4.69) is 11.4 Å². The van der Waals surface area contributed by atoms with Gasteiger partial charge in [-0.25, -0.2) is 0 Å². The van der Waals surface area contributed by atoms with Gasteiger partial charge in [-0.1, -0.05) is 24.4 Å². The van der Waals surface area contributed by atoms with Crippen LogP contribution < -0.4 is 11.1 Å². The van der Waals surface area contributed by atoms with Crippen LogP contribution in [-0.2, 0) is 0 Å². The summed E-state index contributed by atoms with van der Waals surface area (Å²) < 4.78 is 0. The molecule has 0 unspecified atom stereocenters. The van der Waals surface area contributed by atoms with E-state index >= 15 is 0 Å². The number of anilines is 1. The number of nitriles is 1. The largest absolute Gasteiger partial charge is 0.380 e. The van der Waals surface area contributed by atoms with Crippen molar-refractivity contribution in [3.8, 4) is 6.07 Å². The van der Waals surface area contributed by atoms with Crippen molar-refractivity contribution in [2.75, 3.05) is 5.32 Å². The maximum Gasteiger partial charge on any atom is 0.101 e. The first-order chi connectivity index (χ1) is 8.20. The van der Waals surface area contributed by atoms with Crippen LogP contribution in [-0.4, -0.2) is 12.1 Å². The summed E-state index contributed by atoms with van der Waals surface area (Å²) in [5.41, 5.74) is 7.49. The normalized spacial score (nSPS) is 24.1. The second-order valence-electron chi connectivity index (χ2n) is 4.50. The molecule has 0 amide bonds. The van der Waals surface area contributed by atoms with Gasteiger partial charge >= 0.3 is 0 Å². The molecule has 4 heteroatoms. The molecule has 3 nitrogen and oxygen atoms in total. The Bertz CT molecular complexity index is 439. The summed E-state index contributed by atoms with van der Waals surface area (Å²) in [6.07, 6.45) is 4.48. The van der Waals surface area contributed by atoms with Gasteiger partial charge in [-0.2, -0.15) is 5.26 Å². The van der Waals surface area contributed by atoms with Gasteiger partial charge in [0.2, 0.25) is 0 Å². The zero-order valence-electron chi connectivity index (χ0n) is 9.62. The summed E-state index contributed by atoms with van der Waals surface area (Å²) in [6, 6.07) is 7.83. The third-order valence-corrected chi connectivity index (χ3v) is 3.50. The van der Waals surface area contributed by atoms with E-state index in [9.17, 15) is 0 Å². The molecule has 0 aliphatic heterocycles. The topological polar surface area (TPSA) is 61.8 Å². The van der Waals surface area contributed by atoms with Gasteiger partial charge in [0, 0.05) is 17.1 Å². The van der Waals surface area contributed by atoms with E-state index in [0.717, 1.165) is 18.5 Å². The zero-order valence-corrected chi connectivity index (χ0v) is 10.4. The van der Waals surface area contributed by atoms with Crippen LogP contribution in [0.25, 0.3) is 0 Å². The van der Waals surface area contributed by atoms with Crippen LogP contribution in [0.1, 0.15) is 31.2 Å². The molecule has 2 atom stereocenters. The average molecular weight is 250 g/mol. The summed E-state index contributed by atoms with van der Waals surface area (Å²) in [4.78, 5) is 0. The highest BCUT2D eigenvalue weighted by Gasteiger charge is 2.22. The Morgan fingerprint density at radius 1 is 1.35 bits per heavy atom. The molecule has 0 heterocycles. The van der Waals surface area contributed by atoms with Gasteiger partial charge in [0.05, 0.1) is 11.3 Å². The third kappa shape index (κ3) is 2.91. The molecule has 0 radical (unpaired) electrons. The first-order valence-electron chi connectivity index (χ1n) is 5.92. The molecule has 1 aliphatic rings. The van der Waals surface area contributed by atoms with Crippen molar-refractivity contribution in [2.24, 2.45) is 5.73 Å². The Morgan fingerprint density at radius 2 is 2.12 bits per heavy atom. The summed E-state index contributed by atoms with van der Waals surface area (Å²) in [6.45, 7) is 0. The van der Waals surface area contributed by atoms with Crippen molar-refractivity contribution in [1.29, 1.82) is 5.26 Å². The van der Waals surface area contributed by atoms with Crippen LogP contribution in [0.2, 0.25) is 5.02 Å². The Morgan fingerprint density at radius 3 is 2.82 bits per heavy atom. The van der Waals surface area contributed by atoms with Crippen molar-refractivity contribution in [3.63, 3.8) is 0 Å². The lowest BCUT2D eigenvalue weighted by Gasteiger charge is -2.30. The van der Waals surface area contributed by atoms with E-state index in [1.54, 1.807) is 18.2 Å². The molecule has 0 aromatic heterocycles. The molecule has 0 saturated heterocycles. The van der Waals surface area contributed by atoms with E-state index in [1.807, 2.05) is 0 Å². The number of nitrogens with zero attached hydrogens (tertiary/aromatic N) is 1. The van der Waals surface area contributed by atoms with Crippen LogP contribution in [0.5, 0.6) is 0 Å². The predicted octanol–water partition coefficient (Wildman–Crippen LogP) is 2.89. The number of nitrogens with one attached hydrogen (secondary N) is 1. The molecular weight excluding hydrogens is 234 g/mol. The van der Waals surface area contributed by atoms with Gasteiger partial charge in [-0.15, -0.1) is 0 Å². The van der Waals surface area contributed by atoms with E-state index in [-0.39, 0.29) is 12.1 Å². The SMILES string of the molecule is N#Cc1ccc(Cl)cc1N[C@H]1CCCC[C@@H]1N. The zero-order chi connectivity index (χ0) is 12.3. The number of hydrogen-bond acceptors (Lipinski definition) is 3. The second-order valence-corrected chi connectivity index (χ2v) is 4.94. The van der Waals surface area contributed by atoms with Crippen molar-refractivity contribution in [2.45, 2.75) is 37.8 Å². The van der Waals surface area contributed by atoms with E-state index in [1.165, 1.54) is 12.8 Å². The van der Waals surface area contributed by atoms with Gasteiger partial charge in [-0.3, -0.25) is 0 Å². The molecule has 1 fully saturated rings. The number of rotatable bonds is 2. The van der Waals surface area contributed by atoms with Gasteiger partial charge < -0.3 is 11.1 Å². The standard InChI is InChI=1S/C13H16ClN3/c14-10-6-5-9(8-15)13(7-10)17-12-4-2-1-3-11(12)16/h5-7,11-12,17H,1-4,16H2/t11-,12-/m0/s1. The summed E-state index contributed by atoms with van der Waals surface area (Å²) >= 11 is 5.95. The second kappa shape index (κ2) is 5.39. The highest BCUT2D eigenvalue weighted by atomic mass is 35.5. The van der Waals surface area contributed by atoms with E-state index in [4.69, 9.17) is 22.6 Å². The molecule has 0 spiro atoms. The van der Waals surface area contributed by atoms with Gasteiger partial charge in [0.15, 0.2) is 0 Å². The van der Waals surface area contributed by atoms with Crippen LogP contribution in [0.4, 0.5) is 5.69 Å². The average Bonchev–Trinajstić information content (AvgIpc) is 2.32. The van der Waals surface area contributed by atoms with Gasteiger partial charge in [0.25, 0.3) is 0 Å². The van der Waals surface area contributed by atoms with Gasteiger partial charge in [0.1, 0.15) is 6.07 Å². The van der Waals surface area contributed by atoms with Crippen LogP contribution in [0, 0.1) is 11.3 Å². The quantitative estimate of drug-likeness (QED) is 0.847. The molecule has 3 N–H and O–H groups in total. The monoisotopic (exact) mass is 249 g/mol. The smallest absolute Gasteiger partial charge is 0.101 e. The van der Waals surface area contributed by atoms with E-state index in [0.29, 0.717) is 10.6 Å². The highest BCUT2D eigenvalue weighted by molar-refractivity contribution is 6.30. The maximum absolute atomic E-state index is 9.04. The minimum atomic E-state index is 0.161. The van der Waals surface area contributed by atoms with Crippen molar-refractivity contribution < 1.29 is 0 Å². The van der Waals surface area contributed by atoms with Gasteiger partial charge in [-0.05, 0) is 31.0 Å². The Kier molecular flexibility index (Phi) is 3.88. The van der Waals surface area contributed by atoms with Crippen molar-refractivity contribution in [3.05, 3.63) is 28.8 Å². The molecular formula is C13H16ClN3. The van der Waals surface area contributed by atoms with Crippen LogP contribution in [0.3, 0.4) is 0 Å². The minimum Gasteiger partial charge on any atom is -0.380 e. The Labute approximate surface area is 107 Å².